The molecule has 1 N–H and O–H groups in total. The fourth-order valence-electron chi connectivity index (χ4n) is 2.57. The number of nitrogens with one attached hydrogen (secondary N) is 1. The van der Waals surface area contributed by atoms with E-state index in [2.05, 4.69) is 49.3 Å². The molecule has 0 aliphatic carbocycles. The second kappa shape index (κ2) is 6.72. The molecule has 1 atom stereocenters. The van der Waals surface area contributed by atoms with E-state index in [9.17, 15) is 0 Å². The van der Waals surface area contributed by atoms with Gasteiger partial charge in [0.25, 0.3) is 0 Å². The Morgan fingerprint density at radius 2 is 1.90 bits per heavy atom. The van der Waals surface area contributed by atoms with Crippen molar-refractivity contribution >= 4 is 0 Å². The highest BCUT2D eigenvalue weighted by Crippen LogP contribution is 2.34. The number of benzene rings is 1. The summed E-state index contributed by atoms with van der Waals surface area (Å²) in [4.78, 5) is 4.42. The maximum absolute atomic E-state index is 5.67. The highest BCUT2D eigenvalue weighted by molar-refractivity contribution is 5.49. The number of hydrogen-bond acceptors (Lipinski definition) is 3. The second-order valence-corrected chi connectivity index (χ2v) is 5.35. The third-order valence-electron chi connectivity index (χ3n) is 3.90. The van der Waals surface area contributed by atoms with Crippen molar-refractivity contribution in [3.63, 3.8) is 0 Å². The summed E-state index contributed by atoms with van der Waals surface area (Å²) < 4.78 is 5.67. The minimum absolute atomic E-state index is 0.0948. The lowest BCUT2D eigenvalue weighted by atomic mass is 9.95. The minimum Gasteiger partial charge on any atom is -0.496 e. The monoisotopic (exact) mass is 284 g/mol. The Morgan fingerprint density at radius 3 is 2.48 bits per heavy atom. The molecule has 1 heterocycles. The summed E-state index contributed by atoms with van der Waals surface area (Å²) in [7, 11) is 1.74. The molecule has 3 nitrogen and oxygen atoms in total. The van der Waals surface area contributed by atoms with Crippen LogP contribution < -0.4 is 10.1 Å². The van der Waals surface area contributed by atoms with Crippen molar-refractivity contribution in [1.29, 1.82) is 0 Å². The third kappa shape index (κ3) is 3.24. The Kier molecular flexibility index (Phi) is 4.97. The van der Waals surface area contributed by atoms with Crippen LogP contribution >= 0.6 is 0 Å². The second-order valence-electron chi connectivity index (χ2n) is 5.35. The average molecular weight is 284 g/mol. The molecule has 0 radical (unpaired) electrons. The first-order valence-corrected chi connectivity index (χ1v) is 7.38. The van der Waals surface area contributed by atoms with Crippen LogP contribution in [0.1, 0.15) is 40.9 Å². The van der Waals surface area contributed by atoms with Crippen LogP contribution in [-0.2, 0) is 0 Å². The SMILES string of the molecule is CCNC(c1ccc(C)nc1)c1ccc(C)c(C)c1OC. The van der Waals surface area contributed by atoms with E-state index < -0.39 is 0 Å². The van der Waals surface area contributed by atoms with Gasteiger partial charge in [-0.25, -0.2) is 0 Å². The number of methoxy groups -OCH3 is 1. The number of rotatable bonds is 5. The van der Waals surface area contributed by atoms with Gasteiger partial charge in [-0.05, 0) is 50.1 Å². The summed E-state index contributed by atoms with van der Waals surface area (Å²) in [5, 5.41) is 3.54. The van der Waals surface area contributed by atoms with Crippen LogP contribution in [0.3, 0.4) is 0 Å². The predicted molar refractivity (Wildman–Crippen MR) is 87.0 cm³/mol. The van der Waals surface area contributed by atoms with Crippen LogP contribution in [0.2, 0.25) is 0 Å². The molecule has 0 saturated carbocycles. The average Bonchev–Trinajstić information content (AvgIpc) is 2.49. The predicted octanol–water partition coefficient (Wildman–Crippen LogP) is 3.71. The van der Waals surface area contributed by atoms with Crippen LogP contribution in [0.5, 0.6) is 5.75 Å². The number of aromatic nitrogens is 1. The van der Waals surface area contributed by atoms with Crippen molar-refractivity contribution in [2.45, 2.75) is 33.7 Å². The summed E-state index contributed by atoms with van der Waals surface area (Å²) in [6.45, 7) is 9.21. The summed E-state index contributed by atoms with van der Waals surface area (Å²) in [6, 6.07) is 8.57. The van der Waals surface area contributed by atoms with Gasteiger partial charge in [0.05, 0.1) is 13.2 Å². The first-order valence-electron chi connectivity index (χ1n) is 7.38. The van der Waals surface area contributed by atoms with Gasteiger partial charge in [-0.1, -0.05) is 25.1 Å². The van der Waals surface area contributed by atoms with E-state index in [0.29, 0.717) is 0 Å². The van der Waals surface area contributed by atoms with Gasteiger partial charge in [-0.3, -0.25) is 4.98 Å². The lowest BCUT2D eigenvalue weighted by Gasteiger charge is -2.23. The lowest BCUT2D eigenvalue weighted by Crippen LogP contribution is -2.23. The molecular weight excluding hydrogens is 260 g/mol. The fraction of sp³-hybridized carbons (Fsp3) is 0.389. The summed E-state index contributed by atoms with van der Waals surface area (Å²) >= 11 is 0. The standard InChI is InChI=1S/C18H24N2O/c1-6-19-17(15-9-8-13(3)20-11-15)16-10-7-12(2)14(4)18(16)21-5/h7-11,17,19H,6H2,1-5H3. The van der Waals surface area contributed by atoms with Gasteiger partial charge in [-0.15, -0.1) is 0 Å². The first-order chi connectivity index (χ1) is 10.1. The van der Waals surface area contributed by atoms with E-state index in [1.165, 1.54) is 11.1 Å². The molecule has 1 aromatic heterocycles. The zero-order valence-electron chi connectivity index (χ0n) is 13.5. The Morgan fingerprint density at radius 1 is 1.14 bits per heavy atom. The van der Waals surface area contributed by atoms with Crippen molar-refractivity contribution in [2.75, 3.05) is 13.7 Å². The van der Waals surface area contributed by atoms with Crippen molar-refractivity contribution in [1.82, 2.24) is 10.3 Å². The molecule has 1 unspecified atom stereocenters. The highest BCUT2D eigenvalue weighted by atomic mass is 16.5. The Bertz CT molecular complexity index is 605. The van der Waals surface area contributed by atoms with Gasteiger partial charge in [0.15, 0.2) is 0 Å². The van der Waals surface area contributed by atoms with Gasteiger partial charge in [0.1, 0.15) is 5.75 Å². The van der Waals surface area contributed by atoms with Crippen molar-refractivity contribution < 1.29 is 4.74 Å². The molecule has 0 amide bonds. The normalized spacial score (nSPS) is 12.2. The molecule has 0 aliphatic rings. The van der Waals surface area contributed by atoms with Gasteiger partial charge in [0.2, 0.25) is 0 Å². The van der Waals surface area contributed by atoms with Crippen LogP contribution in [0, 0.1) is 20.8 Å². The molecule has 0 saturated heterocycles. The first kappa shape index (κ1) is 15.5. The summed E-state index contributed by atoms with van der Waals surface area (Å²) in [5.74, 6) is 0.960. The Labute approximate surface area is 127 Å². The number of hydrogen-bond donors (Lipinski definition) is 1. The quantitative estimate of drug-likeness (QED) is 0.908. The maximum Gasteiger partial charge on any atom is 0.127 e. The lowest BCUT2D eigenvalue weighted by molar-refractivity contribution is 0.401. The van der Waals surface area contributed by atoms with Crippen LogP contribution in [0.4, 0.5) is 0 Å². The fourth-order valence-corrected chi connectivity index (χ4v) is 2.57. The zero-order valence-corrected chi connectivity index (χ0v) is 13.5. The Hall–Kier alpha value is -1.87. The highest BCUT2D eigenvalue weighted by Gasteiger charge is 2.19. The molecule has 2 aromatic rings. The topological polar surface area (TPSA) is 34.2 Å². The number of ether oxygens (including phenoxy) is 1. The van der Waals surface area contributed by atoms with Crippen molar-refractivity contribution in [3.8, 4) is 5.75 Å². The third-order valence-corrected chi connectivity index (χ3v) is 3.90. The Balaban J connectivity index is 2.52. The largest absolute Gasteiger partial charge is 0.496 e. The molecule has 0 spiro atoms. The molecular formula is C18H24N2O. The summed E-state index contributed by atoms with van der Waals surface area (Å²) in [5.41, 5.74) is 5.78. The molecule has 0 fully saturated rings. The molecule has 3 heteroatoms. The van der Waals surface area contributed by atoms with Gasteiger partial charge in [-0.2, -0.15) is 0 Å². The van der Waals surface area contributed by atoms with Gasteiger partial charge >= 0.3 is 0 Å². The number of aryl methyl sites for hydroxylation is 2. The van der Waals surface area contributed by atoms with E-state index in [4.69, 9.17) is 4.74 Å². The molecule has 2 rings (SSSR count). The molecule has 0 bridgehead atoms. The van der Waals surface area contributed by atoms with E-state index in [0.717, 1.165) is 29.1 Å². The maximum atomic E-state index is 5.67. The summed E-state index contributed by atoms with van der Waals surface area (Å²) in [6.07, 6.45) is 1.94. The van der Waals surface area contributed by atoms with Crippen LogP contribution in [0.25, 0.3) is 0 Å². The van der Waals surface area contributed by atoms with Gasteiger partial charge in [0, 0.05) is 17.5 Å². The van der Waals surface area contributed by atoms with Crippen LogP contribution in [0.15, 0.2) is 30.5 Å². The smallest absolute Gasteiger partial charge is 0.127 e. The van der Waals surface area contributed by atoms with Crippen molar-refractivity contribution in [3.05, 3.63) is 58.4 Å². The number of pyridine rings is 1. The van der Waals surface area contributed by atoms with Crippen LogP contribution in [-0.4, -0.2) is 18.6 Å². The van der Waals surface area contributed by atoms with Gasteiger partial charge < -0.3 is 10.1 Å². The van der Waals surface area contributed by atoms with Crippen molar-refractivity contribution in [2.24, 2.45) is 0 Å². The number of nitrogens with zero attached hydrogens (tertiary/aromatic N) is 1. The minimum atomic E-state index is 0.0948. The van der Waals surface area contributed by atoms with E-state index >= 15 is 0 Å². The molecule has 21 heavy (non-hydrogen) atoms. The zero-order chi connectivity index (χ0) is 15.4. The van der Waals surface area contributed by atoms with E-state index in [-0.39, 0.29) is 6.04 Å². The molecule has 1 aromatic carbocycles. The van der Waals surface area contributed by atoms with E-state index in [1.54, 1.807) is 7.11 Å². The molecule has 0 aliphatic heterocycles. The molecule has 112 valence electrons. The van der Waals surface area contributed by atoms with E-state index in [1.807, 2.05) is 19.2 Å².